The quantitative estimate of drug-likeness (QED) is 0.819. The molecule has 1 amide bonds. The highest BCUT2D eigenvalue weighted by Crippen LogP contribution is 2.08. The lowest BCUT2D eigenvalue weighted by Crippen LogP contribution is -2.34. The van der Waals surface area contributed by atoms with Crippen molar-refractivity contribution in [1.29, 1.82) is 5.26 Å². The van der Waals surface area contributed by atoms with E-state index in [-0.39, 0.29) is 5.91 Å². The van der Waals surface area contributed by atoms with Gasteiger partial charge in [0.25, 0.3) is 0 Å². The topological polar surface area (TPSA) is 56.1 Å². The molecule has 19 heavy (non-hydrogen) atoms. The third-order valence-corrected chi connectivity index (χ3v) is 2.74. The fourth-order valence-corrected chi connectivity index (χ4v) is 1.93. The number of carbonyl (C=O) groups excluding carboxylic acids is 1. The summed E-state index contributed by atoms with van der Waals surface area (Å²) in [6, 6.07) is 8.95. The number of nitrogens with one attached hydrogen (secondary N) is 1. The largest absolute Gasteiger partial charge is 0.325 e. The van der Waals surface area contributed by atoms with E-state index >= 15 is 0 Å². The second kappa shape index (κ2) is 8.28. The average Bonchev–Trinajstić information content (AvgIpc) is 2.40. The van der Waals surface area contributed by atoms with E-state index in [1.807, 2.05) is 0 Å². The molecule has 0 aromatic heterocycles. The molecule has 0 fully saturated rings. The number of carbonyl (C=O) groups is 1. The molecule has 0 bridgehead atoms. The van der Waals surface area contributed by atoms with Gasteiger partial charge in [-0.3, -0.25) is 9.69 Å². The van der Waals surface area contributed by atoms with Crippen LogP contribution in [0.2, 0.25) is 0 Å². The van der Waals surface area contributed by atoms with Crippen LogP contribution < -0.4 is 5.32 Å². The molecule has 102 valence electrons. The fourth-order valence-electron chi connectivity index (χ4n) is 1.93. The summed E-state index contributed by atoms with van der Waals surface area (Å²) in [5, 5.41) is 11.6. The van der Waals surface area contributed by atoms with Gasteiger partial charge in [0.1, 0.15) is 0 Å². The van der Waals surface area contributed by atoms with Gasteiger partial charge in [-0.15, -0.1) is 0 Å². The molecule has 0 spiro atoms. The lowest BCUT2D eigenvalue weighted by atomic mass is 10.2. The van der Waals surface area contributed by atoms with Crippen molar-refractivity contribution >= 4 is 11.6 Å². The van der Waals surface area contributed by atoms with Gasteiger partial charge >= 0.3 is 0 Å². The van der Waals surface area contributed by atoms with Crippen LogP contribution in [0.5, 0.6) is 0 Å². The Morgan fingerprint density at radius 3 is 2.26 bits per heavy atom. The van der Waals surface area contributed by atoms with Crippen molar-refractivity contribution < 1.29 is 4.79 Å². The third kappa shape index (κ3) is 5.54. The van der Waals surface area contributed by atoms with E-state index in [0.717, 1.165) is 31.6 Å². The summed E-state index contributed by atoms with van der Waals surface area (Å²) in [6.07, 6.45) is 2.09. The van der Waals surface area contributed by atoms with Gasteiger partial charge < -0.3 is 5.32 Å². The molecule has 1 N–H and O–H groups in total. The maximum Gasteiger partial charge on any atom is 0.238 e. The van der Waals surface area contributed by atoms with Crippen LogP contribution >= 0.6 is 0 Å². The molecule has 0 heterocycles. The van der Waals surface area contributed by atoms with E-state index < -0.39 is 0 Å². The van der Waals surface area contributed by atoms with Crippen molar-refractivity contribution in [3.8, 4) is 6.07 Å². The van der Waals surface area contributed by atoms with Gasteiger partial charge in [0, 0.05) is 5.69 Å². The predicted molar refractivity (Wildman–Crippen MR) is 76.8 cm³/mol. The van der Waals surface area contributed by atoms with Crippen LogP contribution in [0.25, 0.3) is 0 Å². The lowest BCUT2D eigenvalue weighted by molar-refractivity contribution is -0.117. The van der Waals surface area contributed by atoms with Gasteiger partial charge in [0.05, 0.1) is 18.2 Å². The SMILES string of the molecule is CCCN(CCC)CC(=O)Nc1ccc(C#N)cc1. The summed E-state index contributed by atoms with van der Waals surface area (Å²) in [6.45, 7) is 6.52. The minimum absolute atomic E-state index is 0.00777. The summed E-state index contributed by atoms with van der Waals surface area (Å²) in [7, 11) is 0. The molecule has 0 atom stereocenters. The summed E-state index contributed by atoms with van der Waals surface area (Å²) < 4.78 is 0. The van der Waals surface area contributed by atoms with Crippen molar-refractivity contribution in [2.75, 3.05) is 25.0 Å². The second-order valence-corrected chi connectivity index (χ2v) is 4.51. The molecule has 4 heteroatoms. The Morgan fingerprint density at radius 1 is 1.21 bits per heavy atom. The van der Waals surface area contributed by atoms with Gasteiger partial charge in [0.15, 0.2) is 0 Å². The lowest BCUT2D eigenvalue weighted by Gasteiger charge is -2.20. The van der Waals surface area contributed by atoms with Crippen LogP contribution in [0.3, 0.4) is 0 Å². The van der Waals surface area contributed by atoms with Crippen molar-refractivity contribution in [1.82, 2.24) is 4.90 Å². The normalized spacial score (nSPS) is 10.2. The minimum Gasteiger partial charge on any atom is -0.325 e. The molecule has 0 saturated heterocycles. The summed E-state index contributed by atoms with van der Waals surface area (Å²) in [5.74, 6) is -0.00777. The Morgan fingerprint density at radius 2 is 1.79 bits per heavy atom. The predicted octanol–water partition coefficient (Wildman–Crippen LogP) is 2.62. The summed E-state index contributed by atoms with van der Waals surface area (Å²) >= 11 is 0. The first-order valence-corrected chi connectivity index (χ1v) is 6.72. The molecule has 0 aliphatic heterocycles. The molecule has 1 aromatic carbocycles. The average molecular weight is 259 g/mol. The Kier molecular flexibility index (Phi) is 6.62. The molecular formula is C15H21N3O. The number of hydrogen-bond acceptors (Lipinski definition) is 3. The van der Waals surface area contributed by atoms with E-state index in [0.29, 0.717) is 12.1 Å². The molecule has 1 aromatic rings. The molecule has 1 rings (SSSR count). The number of nitriles is 1. The Bertz CT molecular complexity index is 428. The smallest absolute Gasteiger partial charge is 0.238 e. The third-order valence-electron chi connectivity index (χ3n) is 2.74. The van der Waals surface area contributed by atoms with E-state index in [2.05, 4.69) is 30.1 Å². The van der Waals surface area contributed by atoms with Crippen molar-refractivity contribution in [3.63, 3.8) is 0 Å². The minimum atomic E-state index is -0.00777. The van der Waals surface area contributed by atoms with Crippen LogP contribution in [0.4, 0.5) is 5.69 Å². The first-order valence-electron chi connectivity index (χ1n) is 6.72. The molecule has 4 nitrogen and oxygen atoms in total. The molecule has 0 saturated carbocycles. The van der Waals surface area contributed by atoms with Crippen LogP contribution in [0.1, 0.15) is 32.3 Å². The van der Waals surface area contributed by atoms with Gasteiger partial charge in [-0.05, 0) is 50.2 Å². The zero-order valence-corrected chi connectivity index (χ0v) is 11.6. The van der Waals surface area contributed by atoms with Crippen molar-refractivity contribution in [2.45, 2.75) is 26.7 Å². The highest BCUT2D eigenvalue weighted by Gasteiger charge is 2.09. The van der Waals surface area contributed by atoms with Gasteiger partial charge in [-0.1, -0.05) is 13.8 Å². The number of hydrogen-bond donors (Lipinski definition) is 1. The number of benzene rings is 1. The summed E-state index contributed by atoms with van der Waals surface area (Å²) in [5.41, 5.74) is 1.33. The van der Waals surface area contributed by atoms with E-state index in [4.69, 9.17) is 5.26 Å². The number of amides is 1. The fraction of sp³-hybridized carbons (Fsp3) is 0.467. The molecular weight excluding hydrogens is 238 g/mol. The molecule has 0 radical (unpaired) electrons. The van der Waals surface area contributed by atoms with Gasteiger partial charge in [-0.25, -0.2) is 0 Å². The number of anilines is 1. The number of nitrogens with zero attached hydrogens (tertiary/aromatic N) is 2. The van der Waals surface area contributed by atoms with Crippen LogP contribution in [0.15, 0.2) is 24.3 Å². The van der Waals surface area contributed by atoms with Crippen molar-refractivity contribution in [3.05, 3.63) is 29.8 Å². The maximum absolute atomic E-state index is 11.9. The highest BCUT2D eigenvalue weighted by atomic mass is 16.2. The van der Waals surface area contributed by atoms with Crippen LogP contribution in [-0.2, 0) is 4.79 Å². The Labute approximate surface area is 115 Å². The van der Waals surface area contributed by atoms with Gasteiger partial charge in [-0.2, -0.15) is 5.26 Å². The van der Waals surface area contributed by atoms with Crippen LogP contribution in [0, 0.1) is 11.3 Å². The van der Waals surface area contributed by atoms with Crippen LogP contribution in [-0.4, -0.2) is 30.4 Å². The molecule has 0 unspecified atom stereocenters. The number of rotatable bonds is 7. The zero-order chi connectivity index (χ0) is 14.1. The monoisotopic (exact) mass is 259 g/mol. The van der Waals surface area contributed by atoms with E-state index in [1.54, 1.807) is 24.3 Å². The van der Waals surface area contributed by atoms with Crippen molar-refractivity contribution in [2.24, 2.45) is 0 Å². The zero-order valence-electron chi connectivity index (χ0n) is 11.6. The molecule has 0 aliphatic rings. The van der Waals surface area contributed by atoms with E-state index in [1.165, 1.54) is 0 Å². The Balaban J connectivity index is 2.51. The maximum atomic E-state index is 11.9. The molecule has 0 aliphatic carbocycles. The highest BCUT2D eigenvalue weighted by molar-refractivity contribution is 5.92. The van der Waals surface area contributed by atoms with Gasteiger partial charge in [0.2, 0.25) is 5.91 Å². The van der Waals surface area contributed by atoms with E-state index in [9.17, 15) is 4.79 Å². The standard InChI is InChI=1S/C15H21N3O/c1-3-9-18(10-4-2)12-15(19)17-14-7-5-13(11-16)6-8-14/h5-8H,3-4,9-10,12H2,1-2H3,(H,17,19). The summed E-state index contributed by atoms with van der Waals surface area (Å²) in [4.78, 5) is 14.1. The Hall–Kier alpha value is -1.86. The first kappa shape index (κ1) is 15.2. The second-order valence-electron chi connectivity index (χ2n) is 4.51. The first-order chi connectivity index (χ1) is 9.19.